The lowest BCUT2D eigenvalue weighted by molar-refractivity contribution is -0.117. The van der Waals surface area contributed by atoms with Crippen molar-refractivity contribution in [3.05, 3.63) is 42.0 Å². The molecular formula is C21H24N6O. The number of fused-ring (bicyclic) bond motifs is 1. The quantitative estimate of drug-likeness (QED) is 0.703. The predicted molar refractivity (Wildman–Crippen MR) is 109 cm³/mol. The molecule has 3 aromatic rings. The fourth-order valence-electron chi connectivity index (χ4n) is 4.30. The molecule has 2 aromatic heterocycles. The maximum Gasteiger partial charge on any atom is 0.228 e. The van der Waals surface area contributed by atoms with Gasteiger partial charge in [-0.2, -0.15) is 0 Å². The summed E-state index contributed by atoms with van der Waals surface area (Å²) in [4.78, 5) is 30.3. The minimum atomic E-state index is 0.151. The maximum atomic E-state index is 12.3. The number of aryl methyl sites for hydroxylation is 2. The molecular weight excluding hydrogens is 352 g/mol. The van der Waals surface area contributed by atoms with Crippen molar-refractivity contribution in [1.29, 1.82) is 0 Å². The van der Waals surface area contributed by atoms with E-state index in [1.165, 1.54) is 0 Å². The lowest BCUT2D eigenvalue weighted by Gasteiger charge is -2.40. The normalized spacial score (nSPS) is 20.2. The number of imidazole rings is 1. The van der Waals surface area contributed by atoms with Crippen molar-refractivity contribution in [2.75, 3.05) is 29.4 Å². The summed E-state index contributed by atoms with van der Waals surface area (Å²) in [6, 6.07) is 10.2. The molecule has 0 aliphatic carbocycles. The van der Waals surface area contributed by atoms with Gasteiger partial charge < -0.3 is 9.47 Å². The number of aromatic nitrogens is 4. The Labute approximate surface area is 164 Å². The maximum absolute atomic E-state index is 12.3. The summed E-state index contributed by atoms with van der Waals surface area (Å²) < 4.78 is 2.19. The number of hydrogen-bond donors (Lipinski definition) is 0. The molecule has 0 radical (unpaired) electrons. The van der Waals surface area contributed by atoms with Gasteiger partial charge in [0, 0.05) is 39.2 Å². The molecule has 7 nitrogen and oxygen atoms in total. The van der Waals surface area contributed by atoms with Gasteiger partial charge in [-0.25, -0.2) is 15.0 Å². The third-order valence-electron chi connectivity index (χ3n) is 5.80. The highest BCUT2D eigenvalue weighted by atomic mass is 16.2. The van der Waals surface area contributed by atoms with Crippen LogP contribution >= 0.6 is 0 Å². The molecule has 1 amide bonds. The third kappa shape index (κ3) is 2.73. The SMILES string of the molecule is Cc1nc(N2CC(c3nc4ccccc4n3C)C2)cc(N2CC(C)CC2=O)n1. The lowest BCUT2D eigenvalue weighted by atomic mass is 9.99. The van der Waals surface area contributed by atoms with Gasteiger partial charge in [-0.05, 0) is 25.0 Å². The van der Waals surface area contributed by atoms with Crippen LogP contribution in [-0.2, 0) is 11.8 Å². The van der Waals surface area contributed by atoms with Gasteiger partial charge >= 0.3 is 0 Å². The molecule has 144 valence electrons. The van der Waals surface area contributed by atoms with Gasteiger partial charge in [-0.1, -0.05) is 19.1 Å². The molecule has 1 atom stereocenters. The molecule has 0 bridgehead atoms. The van der Waals surface area contributed by atoms with E-state index >= 15 is 0 Å². The van der Waals surface area contributed by atoms with Gasteiger partial charge in [0.1, 0.15) is 23.3 Å². The average Bonchev–Trinajstić information content (AvgIpc) is 3.13. The van der Waals surface area contributed by atoms with Gasteiger partial charge in [0.15, 0.2) is 0 Å². The zero-order chi connectivity index (χ0) is 19.4. The van der Waals surface area contributed by atoms with Crippen LogP contribution in [-0.4, -0.2) is 45.1 Å². The van der Waals surface area contributed by atoms with Crippen molar-refractivity contribution < 1.29 is 4.79 Å². The first kappa shape index (κ1) is 17.2. The zero-order valence-electron chi connectivity index (χ0n) is 16.5. The summed E-state index contributed by atoms with van der Waals surface area (Å²) in [5.41, 5.74) is 2.21. The second-order valence-corrected chi connectivity index (χ2v) is 8.06. The van der Waals surface area contributed by atoms with E-state index in [0.717, 1.165) is 48.1 Å². The monoisotopic (exact) mass is 376 g/mol. The zero-order valence-corrected chi connectivity index (χ0v) is 16.5. The summed E-state index contributed by atoms with van der Waals surface area (Å²) in [5, 5.41) is 0. The average molecular weight is 376 g/mol. The number of carbonyl (C=O) groups is 1. The molecule has 0 N–H and O–H groups in total. The molecule has 1 unspecified atom stereocenters. The third-order valence-corrected chi connectivity index (χ3v) is 5.80. The Morgan fingerprint density at radius 2 is 1.79 bits per heavy atom. The highest BCUT2D eigenvalue weighted by Crippen LogP contribution is 2.33. The first-order valence-corrected chi connectivity index (χ1v) is 9.82. The molecule has 28 heavy (non-hydrogen) atoms. The Hall–Kier alpha value is -2.96. The van der Waals surface area contributed by atoms with E-state index in [2.05, 4.69) is 45.5 Å². The van der Waals surface area contributed by atoms with Gasteiger partial charge in [0.25, 0.3) is 0 Å². The van der Waals surface area contributed by atoms with Crippen LogP contribution in [0.4, 0.5) is 11.6 Å². The Morgan fingerprint density at radius 3 is 2.50 bits per heavy atom. The molecule has 2 saturated heterocycles. The summed E-state index contributed by atoms with van der Waals surface area (Å²) in [6.45, 7) is 6.47. The van der Waals surface area contributed by atoms with Gasteiger partial charge in [-0.15, -0.1) is 0 Å². The number of carbonyl (C=O) groups excluding carboxylic acids is 1. The van der Waals surface area contributed by atoms with Crippen molar-refractivity contribution >= 4 is 28.6 Å². The van der Waals surface area contributed by atoms with Crippen molar-refractivity contribution in [1.82, 2.24) is 19.5 Å². The first-order chi connectivity index (χ1) is 13.5. The van der Waals surface area contributed by atoms with Crippen LogP contribution in [0.1, 0.15) is 30.9 Å². The van der Waals surface area contributed by atoms with Gasteiger partial charge in [0.05, 0.1) is 17.0 Å². The van der Waals surface area contributed by atoms with Gasteiger partial charge in [-0.3, -0.25) is 9.69 Å². The Kier molecular flexibility index (Phi) is 3.86. The van der Waals surface area contributed by atoms with E-state index in [4.69, 9.17) is 4.98 Å². The van der Waals surface area contributed by atoms with E-state index in [1.54, 1.807) is 4.90 Å². The molecule has 4 heterocycles. The molecule has 7 heteroatoms. The van der Waals surface area contributed by atoms with E-state index in [-0.39, 0.29) is 5.91 Å². The number of anilines is 2. The molecule has 2 fully saturated rings. The van der Waals surface area contributed by atoms with Crippen LogP contribution in [0, 0.1) is 12.8 Å². The van der Waals surface area contributed by atoms with E-state index in [0.29, 0.717) is 24.1 Å². The Morgan fingerprint density at radius 1 is 1.04 bits per heavy atom. The molecule has 2 aliphatic heterocycles. The highest BCUT2D eigenvalue weighted by molar-refractivity contribution is 5.95. The standard InChI is InChI=1S/C21H24N6O/c1-13-8-20(28)27(10-13)19-9-18(22-14(2)23-19)26-11-15(12-26)21-24-16-6-4-5-7-17(16)25(21)3/h4-7,9,13,15H,8,10-12H2,1-3H3. The van der Waals surface area contributed by atoms with E-state index < -0.39 is 0 Å². The number of para-hydroxylation sites is 2. The molecule has 0 spiro atoms. The number of nitrogens with zero attached hydrogens (tertiary/aromatic N) is 6. The van der Waals surface area contributed by atoms with Crippen LogP contribution in [0.15, 0.2) is 30.3 Å². The molecule has 1 aromatic carbocycles. The van der Waals surface area contributed by atoms with Crippen molar-refractivity contribution in [3.63, 3.8) is 0 Å². The first-order valence-electron chi connectivity index (χ1n) is 9.82. The van der Waals surface area contributed by atoms with Crippen LogP contribution in [0.2, 0.25) is 0 Å². The second kappa shape index (κ2) is 6.29. The molecule has 0 saturated carbocycles. The largest absolute Gasteiger partial charge is 0.355 e. The highest BCUT2D eigenvalue weighted by Gasteiger charge is 2.34. The van der Waals surface area contributed by atoms with Gasteiger partial charge in [0.2, 0.25) is 5.91 Å². The number of rotatable bonds is 3. The Bertz CT molecular complexity index is 1070. The van der Waals surface area contributed by atoms with E-state index in [1.807, 2.05) is 25.1 Å². The second-order valence-electron chi connectivity index (χ2n) is 8.06. The van der Waals surface area contributed by atoms with Crippen LogP contribution < -0.4 is 9.80 Å². The smallest absolute Gasteiger partial charge is 0.228 e. The lowest BCUT2D eigenvalue weighted by Crippen LogP contribution is -2.46. The fourth-order valence-corrected chi connectivity index (χ4v) is 4.30. The molecule has 5 rings (SSSR count). The summed E-state index contributed by atoms with van der Waals surface area (Å²) >= 11 is 0. The summed E-state index contributed by atoms with van der Waals surface area (Å²) in [6.07, 6.45) is 0.594. The summed E-state index contributed by atoms with van der Waals surface area (Å²) in [7, 11) is 2.08. The number of hydrogen-bond acceptors (Lipinski definition) is 5. The number of benzene rings is 1. The number of amides is 1. The minimum Gasteiger partial charge on any atom is -0.355 e. The van der Waals surface area contributed by atoms with E-state index in [9.17, 15) is 4.79 Å². The van der Waals surface area contributed by atoms with Crippen molar-refractivity contribution in [3.8, 4) is 0 Å². The fraction of sp³-hybridized carbons (Fsp3) is 0.429. The predicted octanol–water partition coefficient (Wildman–Crippen LogP) is 2.65. The molecule has 2 aliphatic rings. The van der Waals surface area contributed by atoms with Crippen LogP contribution in [0.25, 0.3) is 11.0 Å². The topological polar surface area (TPSA) is 67.2 Å². The Balaban J connectivity index is 1.37. The van der Waals surface area contributed by atoms with Crippen molar-refractivity contribution in [2.24, 2.45) is 13.0 Å². The van der Waals surface area contributed by atoms with Crippen molar-refractivity contribution in [2.45, 2.75) is 26.2 Å². The van der Waals surface area contributed by atoms with Crippen LogP contribution in [0.3, 0.4) is 0 Å². The minimum absolute atomic E-state index is 0.151. The van der Waals surface area contributed by atoms with Crippen LogP contribution in [0.5, 0.6) is 0 Å². The summed E-state index contributed by atoms with van der Waals surface area (Å²) in [5.74, 6) is 4.34.